The van der Waals surface area contributed by atoms with Gasteiger partial charge in [0.2, 0.25) is 0 Å². The summed E-state index contributed by atoms with van der Waals surface area (Å²) in [6.07, 6.45) is 0. The summed E-state index contributed by atoms with van der Waals surface area (Å²) in [6, 6.07) is 18.5. The summed E-state index contributed by atoms with van der Waals surface area (Å²) in [7, 11) is 0. The van der Waals surface area contributed by atoms with Gasteiger partial charge in [-0.15, -0.1) is 12.6 Å². The molecule has 2 rings (SSSR count). The molecule has 2 aromatic carbocycles. The zero-order valence-electron chi connectivity index (χ0n) is 10.9. The van der Waals surface area contributed by atoms with Crippen molar-refractivity contribution in [1.82, 2.24) is 0 Å². The molecule has 0 radical (unpaired) electrons. The predicted octanol–water partition coefficient (Wildman–Crippen LogP) is 5.90. The molecule has 0 unspecified atom stereocenters. The van der Waals surface area contributed by atoms with Crippen molar-refractivity contribution in [1.29, 1.82) is 0 Å². The summed E-state index contributed by atoms with van der Waals surface area (Å²) in [5.74, 6) is 0. The van der Waals surface area contributed by atoms with E-state index in [2.05, 4.69) is 36.9 Å². The topological polar surface area (TPSA) is 0 Å². The van der Waals surface area contributed by atoms with Gasteiger partial charge in [0.25, 0.3) is 0 Å². The van der Waals surface area contributed by atoms with Crippen molar-refractivity contribution in [3.63, 3.8) is 0 Å². The molecule has 0 amide bonds. The van der Waals surface area contributed by atoms with Crippen LogP contribution < -0.4 is 0 Å². The molecule has 112 valence electrons. The first kappa shape index (κ1) is 17.2. The van der Waals surface area contributed by atoms with Crippen LogP contribution in [0, 0.1) is 0 Å². The maximum absolute atomic E-state index is 11.2. The van der Waals surface area contributed by atoms with Crippen molar-refractivity contribution in [2.24, 2.45) is 0 Å². The van der Waals surface area contributed by atoms with E-state index < -0.39 is 19.5 Å². The predicted molar refractivity (Wildman–Crippen MR) is 72.6 cm³/mol. The van der Waals surface area contributed by atoms with Gasteiger partial charge < -0.3 is 0 Å². The third-order valence-corrected chi connectivity index (χ3v) is 2.27. The maximum Gasteiger partial charge on any atom is 1.00 e. The second-order valence-corrected chi connectivity index (χ2v) is 9.86. The molecule has 0 saturated carbocycles. The van der Waals surface area contributed by atoms with Crippen LogP contribution in [0.15, 0.2) is 59.5 Å². The van der Waals surface area contributed by atoms with Gasteiger partial charge in [0.1, 0.15) is 0 Å². The van der Waals surface area contributed by atoms with Crippen LogP contribution in [0.2, 0.25) is 0 Å². The molecule has 0 atom stereocenters. The second kappa shape index (κ2) is 5.19. The van der Waals surface area contributed by atoms with Gasteiger partial charge in [0.15, 0.2) is 0 Å². The average molecular weight is 423 g/mol. The van der Waals surface area contributed by atoms with E-state index in [0.717, 1.165) is 4.90 Å². The van der Waals surface area contributed by atoms with E-state index >= 15 is 0 Å². The van der Waals surface area contributed by atoms with Crippen LogP contribution in [0.4, 0.5) is 16.9 Å². The summed E-state index contributed by atoms with van der Waals surface area (Å²) in [4.78, 5) is 1.000. The Morgan fingerprint density at radius 2 is 1.00 bits per heavy atom. The van der Waals surface area contributed by atoms with Gasteiger partial charge in [-0.05, 0) is 23.3 Å². The molecule has 0 aliphatic rings. The van der Waals surface area contributed by atoms with E-state index in [9.17, 15) is 16.9 Å². The molecular weight excluding hydrogens is 412 g/mol. The van der Waals surface area contributed by atoms with Gasteiger partial charge >= 0.3 is 37.8 Å². The SMILES string of the molecule is Sc1ccc(-c2ccccc2)cc1.[F][Sb-]([F])([F])([F])([F])[F].[H+]. The molecule has 20 heavy (non-hydrogen) atoms. The fraction of sp³-hybridized carbons (Fsp3) is 0. The fourth-order valence-corrected chi connectivity index (χ4v) is 1.43. The Bertz CT molecular complexity index is 556. The molecule has 8 heteroatoms. The first-order valence-corrected chi connectivity index (χ1v) is 11.5. The third-order valence-electron chi connectivity index (χ3n) is 1.97. The molecule has 0 heterocycles. The summed E-state index contributed by atoms with van der Waals surface area (Å²) < 4.78 is 59.6. The minimum absolute atomic E-state index is 0. The Kier molecular flexibility index (Phi) is 4.47. The van der Waals surface area contributed by atoms with Crippen LogP contribution in [0.5, 0.6) is 0 Å². The smallest absolute Gasteiger partial charge is 1.00 e. The maximum atomic E-state index is 9.93. The van der Waals surface area contributed by atoms with E-state index in [1.165, 1.54) is 11.1 Å². The van der Waals surface area contributed by atoms with Crippen LogP contribution in [0.3, 0.4) is 0 Å². The Labute approximate surface area is 121 Å². The van der Waals surface area contributed by atoms with Crippen LogP contribution in [-0.4, -0.2) is 19.5 Å². The van der Waals surface area contributed by atoms with E-state index in [1.807, 2.05) is 30.3 Å². The Morgan fingerprint density at radius 3 is 1.40 bits per heavy atom. The van der Waals surface area contributed by atoms with Gasteiger partial charge in [-0.1, -0.05) is 42.5 Å². The molecule has 0 aliphatic carbocycles. The van der Waals surface area contributed by atoms with Crippen LogP contribution in [0.1, 0.15) is 1.43 Å². The van der Waals surface area contributed by atoms with Gasteiger partial charge in [-0.3, -0.25) is 0 Å². The summed E-state index contributed by atoms with van der Waals surface area (Å²) >= 11 is -7.01. The molecule has 0 bridgehead atoms. The summed E-state index contributed by atoms with van der Waals surface area (Å²) in [6.45, 7) is 0. The monoisotopic (exact) mass is 422 g/mol. The molecular formula is C12H11F6SSb. The third kappa shape index (κ3) is 10.0. The summed E-state index contributed by atoms with van der Waals surface area (Å²) in [5, 5.41) is 0. The number of thiol groups is 1. The number of hydrogen-bond acceptors (Lipinski definition) is 1. The molecule has 2 aromatic rings. The number of hydrogen-bond donors (Lipinski definition) is 1. The standard InChI is InChI=1S/C12H10S.6FH.Sb/c13-12-8-6-11(7-9-12)10-4-2-1-3-5-10;;;;;;;/h1-9,13H;6*1H;/q;;;;;;;+5/p-5. The van der Waals surface area contributed by atoms with Crippen LogP contribution >= 0.6 is 12.6 Å². The van der Waals surface area contributed by atoms with Gasteiger partial charge in [-0.2, -0.15) is 0 Å². The first-order valence-electron chi connectivity index (χ1n) is 5.22. The zero-order chi connectivity index (χ0) is 15.5. The largest absolute Gasteiger partial charge is 1.00 e. The van der Waals surface area contributed by atoms with Crippen molar-refractivity contribution in [2.75, 3.05) is 0 Å². The van der Waals surface area contributed by atoms with E-state index in [1.54, 1.807) is 0 Å². The van der Waals surface area contributed by atoms with Crippen molar-refractivity contribution in [3.05, 3.63) is 54.6 Å². The normalized spacial score (nSPS) is 14.6. The van der Waals surface area contributed by atoms with Crippen LogP contribution in [0.25, 0.3) is 11.1 Å². The van der Waals surface area contributed by atoms with Crippen molar-refractivity contribution < 1.29 is 18.3 Å². The van der Waals surface area contributed by atoms with Crippen LogP contribution in [-0.2, 0) is 0 Å². The summed E-state index contributed by atoms with van der Waals surface area (Å²) in [5.41, 5.74) is 2.48. The molecule has 0 aliphatic heterocycles. The Hall–Kier alpha value is -0.812. The van der Waals surface area contributed by atoms with E-state index in [0.29, 0.717) is 0 Å². The number of halogens is 6. The van der Waals surface area contributed by atoms with E-state index in [-0.39, 0.29) is 1.43 Å². The average Bonchev–Trinajstić information content (AvgIpc) is 2.27. The molecule has 0 spiro atoms. The number of rotatable bonds is 1. The van der Waals surface area contributed by atoms with E-state index in [4.69, 9.17) is 0 Å². The van der Waals surface area contributed by atoms with Gasteiger partial charge in [0.05, 0.1) is 0 Å². The van der Waals surface area contributed by atoms with Crippen molar-refractivity contribution in [2.45, 2.75) is 4.90 Å². The number of benzene rings is 2. The fourth-order valence-electron chi connectivity index (χ4n) is 1.28. The quantitative estimate of drug-likeness (QED) is 0.330. The molecule has 0 fully saturated rings. The van der Waals surface area contributed by atoms with Crippen molar-refractivity contribution >= 4 is 32.1 Å². The van der Waals surface area contributed by atoms with Crippen molar-refractivity contribution in [3.8, 4) is 11.1 Å². The second-order valence-electron chi connectivity index (χ2n) is 3.87. The molecule has 0 aromatic heterocycles. The Balaban J connectivity index is 0.000000436. The minimum atomic E-state index is -11.2. The minimum Gasteiger partial charge on any atom is 1.00 e. The van der Waals surface area contributed by atoms with Gasteiger partial charge in [0, 0.05) is 4.90 Å². The van der Waals surface area contributed by atoms with Gasteiger partial charge in [-0.25, -0.2) is 0 Å². The molecule has 0 saturated heterocycles. The zero-order valence-corrected chi connectivity index (χ0v) is 13.3. The molecule has 0 nitrogen and oxygen atoms in total. The molecule has 0 N–H and O–H groups in total. The first-order chi connectivity index (χ1) is 8.81. The Morgan fingerprint density at radius 1 is 0.650 bits per heavy atom.